The number of amides is 1. The van der Waals surface area contributed by atoms with Gasteiger partial charge in [-0.3, -0.25) is 9.59 Å². The van der Waals surface area contributed by atoms with E-state index in [1.165, 1.54) is 17.5 Å². The van der Waals surface area contributed by atoms with Crippen LogP contribution in [-0.4, -0.2) is 51.8 Å². The molecule has 1 fully saturated rings. The minimum absolute atomic E-state index is 0.0641. The summed E-state index contributed by atoms with van der Waals surface area (Å²) in [5.74, 6) is 0.647. The van der Waals surface area contributed by atoms with Crippen molar-refractivity contribution in [3.63, 3.8) is 0 Å². The van der Waals surface area contributed by atoms with Gasteiger partial charge in [0, 0.05) is 22.8 Å². The highest BCUT2D eigenvalue weighted by atomic mass is 16.2. The van der Waals surface area contributed by atoms with E-state index in [1.54, 1.807) is 6.20 Å². The van der Waals surface area contributed by atoms with Crippen molar-refractivity contribution in [2.24, 2.45) is 5.92 Å². The molecule has 4 rings (SSSR count). The van der Waals surface area contributed by atoms with E-state index in [2.05, 4.69) is 27.2 Å². The smallest absolute Gasteiger partial charge is 0.291 e. The van der Waals surface area contributed by atoms with Crippen molar-refractivity contribution in [2.45, 2.75) is 32.7 Å². The predicted molar refractivity (Wildman–Crippen MR) is 110 cm³/mol. The van der Waals surface area contributed by atoms with Gasteiger partial charge in [0.05, 0.1) is 6.20 Å². The predicted octanol–water partition coefficient (Wildman–Crippen LogP) is 2.12. The number of hydrogen-bond donors (Lipinski definition) is 2. The zero-order valence-electron chi connectivity index (χ0n) is 16.3. The summed E-state index contributed by atoms with van der Waals surface area (Å²) in [6.07, 6.45) is 5.10. The molecule has 0 aliphatic carbocycles. The SMILES string of the molecule is CC1CCN(CCCNC(=O)Cn2ncc3c([nH]c4ccccc43)c2=O)CC1. The van der Waals surface area contributed by atoms with Crippen LogP contribution in [0.5, 0.6) is 0 Å². The molecule has 2 aromatic heterocycles. The number of H-pyrrole nitrogens is 1. The van der Waals surface area contributed by atoms with E-state index in [0.29, 0.717) is 12.1 Å². The van der Waals surface area contributed by atoms with Gasteiger partial charge in [0.1, 0.15) is 12.1 Å². The quantitative estimate of drug-likeness (QED) is 0.641. The molecule has 0 atom stereocenters. The summed E-state index contributed by atoms with van der Waals surface area (Å²) in [7, 11) is 0. The molecule has 0 saturated carbocycles. The maximum Gasteiger partial charge on any atom is 0.291 e. The van der Waals surface area contributed by atoms with Crippen LogP contribution in [0.1, 0.15) is 26.2 Å². The molecule has 0 bridgehead atoms. The van der Waals surface area contributed by atoms with Crippen LogP contribution >= 0.6 is 0 Å². The zero-order chi connectivity index (χ0) is 19.5. The Morgan fingerprint density at radius 3 is 2.86 bits per heavy atom. The van der Waals surface area contributed by atoms with Crippen LogP contribution in [0.4, 0.5) is 0 Å². The average molecular weight is 381 g/mol. The van der Waals surface area contributed by atoms with E-state index in [-0.39, 0.29) is 18.0 Å². The van der Waals surface area contributed by atoms with Crippen molar-refractivity contribution in [3.05, 3.63) is 40.8 Å². The Bertz CT molecular complexity index is 1030. The molecule has 0 spiro atoms. The molecule has 3 aromatic rings. The third kappa shape index (κ3) is 3.94. The number of para-hydroxylation sites is 1. The lowest BCUT2D eigenvalue weighted by Gasteiger charge is -2.30. The van der Waals surface area contributed by atoms with Gasteiger partial charge in [-0.25, -0.2) is 4.68 Å². The third-order valence-electron chi connectivity index (χ3n) is 5.66. The van der Waals surface area contributed by atoms with Crippen LogP contribution < -0.4 is 10.9 Å². The van der Waals surface area contributed by atoms with Crippen molar-refractivity contribution < 1.29 is 4.79 Å². The minimum atomic E-state index is -0.272. The molecule has 0 unspecified atom stereocenters. The van der Waals surface area contributed by atoms with Crippen LogP contribution in [-0.2, 0) is 11.3 Å². The molecule has 1 saturated heterocycles. The molecule has 3 heterocycles. The molecule has 148 valence electrons. The maximum atomic E-state index is 12.7. The number of hydrogen-bond acceptors (Lipinski definition) is 4. The monoisotopic (exact) mass is 381 g/mol. The summed E-state index contributed by atoms with van der Waals surface area (Å²) in [5.41, 5.74) is 1.11. The first kappa shape index (κ1) is 18.7. The lowest BCUT2D eigenvalue weighted by Crippen LogP contribution is -2.37. The fourth-order valence-corrected chi connectivity index (χ4v) is 3.90. The summed E-state index contributed by atoms with van der Waals surface area (Å²) in [6.45, 7) is 6.17. The van der Waals surface area contributed by atoms with Crippen LogP contribution in [0.15, 0.2) is 35.3 Å². The summed E-state index contributed by atoms with van der Waals surface area (Å²) >= 11 is 0. The maximum absolute atomic E-state index is 12.7. The third-order valence-corrected chi connectivity index (χ3v) is 5.66. The Morgan fingerprint density at radius 2 is 2.04 bits per heavy atom. The van der Waals surface area contributed by atoms with E-state index in [9.17, 15) is 9.59 Å². The molecule has 0 radical (unpaired) electrons. The van der Waals surface area contributed by atoms with Gasteiger partial charge in [-0.05, 0) is 50.9 Å². The first-order valence-corrected chi connectivity index (χ1v) is 10.1. The van der Waals surface area contributed by atoms with Crippen LogP contribution in [0.3, 0.4) is 0 Å². The number of rotatable bonds is 6. The largest absolute Gasteiger partial charge is 0.354 e. The normalized spacial score (nSPS) is 16.0. The number of nitrogens with one attached hydrogen (secondary N) is 2. The van der Waals surface area contributed by atoms with E-state index in [1.807, 2.05) is 24.3 Å². The highest BCUT2D eigenvalue weighted by Crippen LogP contribution is 2.21. The number of benzene rings is 1. The van der Waals surface area contributed by atoms with Crippen molar-refractivity contribution in [1.29, 1.82) is 0 Å². The van der Waals surface area contributed by atoms with Crippen molar-refractivity contribution in [3.8, 4) is 0 Å². The van der Waals surface area contributed by atoms with Crippen molar-refractivity contribution in [2.75, 3.05) is 26.2 Å². The number of nitrogens with zero attached hydrogens (tertiary/aromatic N) is 3. The standard InChI is InChI=1S/C21H27N5O2/c1-15-7-11-25(12-8-15)10-4-9-22-19(27)14-26-21(28)20-17(13-23-26)16-5-2-3-6-18(16)24-20/h2-3,5-6,13,15,24H,4,7-12,14H2,1H3,(H,22,27). The number of carbonyl (C=O) groups excluding carboxylic acids is 1. The highest BCUT2D eigenvalue weighted by molar-refractivity contribution is 6.06. The first-order valence-electron chi connectivity index (χ1n) is 10.1. The number of piperidine rings is 1. The summed E-state index contributed by atoms with van der Waals surface area (Å²) in [4.78, 5) is 30.5. The molecule has 1 aromatic carbocycles. The number of likely N-dealkylation sites (tertiary alicyclic amines) is 1. The van der Waals surface area contributed by atoms with Gasteiger partial charge in [0.25, 0.3) is 5.56 Å². The number of carbonyl (C=O) groups is 1. The molecule has 28 heavy (non-hydrogen) atoms. The highest BCUT2D eigenvalue weighted by Gasteiger charge is 2.15. The fraction of sp³-hybridized carbons (Fsp3) is 0.476. The second-order valence-corrected chi connectivity index (χ2v) is 7.79. The van der Waals surface area contributed by atoms with E-state index in [0.717, 1.165) is 48.3 Å². The van der Waals surface area contributed by atoms with Gasteiger partial charge in [0.15, 0.2) is 0 Å². The topological polar surface area (TPSA) is 83.0 Å². The Kier molecular flexibility index (Phi) is 5.43. The van der Waals surface area contributed by atoms with E-state index >= 15 is 0 Å². The Morgan fingerprint density at radius 1 is 1.25 bits per heavy atom. The summed E-state index contributed by atoms with van der Waals surface area (Å²) in [5, 5.41) is 8.85. The lowest BCUT2D eigenvalue weighted by molar-refractivity contribution is -0.121. The van der Waals surface area contributed by atoms with Gasteiger partial charge in [-0.1, -0.05) is 25.1 Å². The zero-order valence-corrected chi connectivity index (χ0v) is 16.3. The summed E-state index contributed by atoms with van der Waals surface area (Å²) in [6, 6.07) is 7.73. The van der Waals surface area contributed by atoms with Gasteiger partial charge in [-0.15, -0.1) is 0 Å². The Hall–Kier alpha value is -2.67. The van der Waals surface area contributed by atoms with Gasteiger partial charge >= 0.3 is 0 Å². The van der Waals surface area contributed by atoms with Crippen LogP contribution in [0.25, 0.3) is 21.8 Å². The van der Waals surface area contributed by atoms with Gasteiger partial charge < -0.3 is 15.2 Å². The van der Waals surface area contributed by atoms with Gasteiger partial charge in [0.2, 0.25) is 5.91 Å². The lowest BCUT2D eigenvalue weighted by atomic mass is 9.99. The van der Waals surface area contributed by atoms with E-state index < -0.39 is 0 Å². The molecular formula is C21H27N5O2. The van der Waals surface area contributed by atoms with Crippen LogP contribution in [0.2, 0.25) is 0 Å². The van der Waals surface area contributed by atoms with Crippen LogP contribution in [0, 0.1) is 5.92 Å². The summed E-state index contributed by atoms with van der Waals surface area (Å²) < 4.78 is 1.22. The minimum Gasteiger partial charge on any atom is -0.354 e. The number of fused-ring (bicyclic) bond motifs is 3. The molecule has 1 aliphatic rings. The first-order chi connectivity index (χ1) is 13.6. The average Bonchev–Trinajstić information content (AvgIpc) is 3.08. The fourth-order valence-electron chi connectivity index (χ4n) is 3.90. The molecule has 7 heteroatoms. The number of aromatic nitrogens is 3. The number of aromatic amines is 1. The molecule has 1 aliphatic heterocycles. The Labute approximate surface area is 163 Å². The Balaban J connectivity index is 1.33. The van der Waals surface area contributed by atoms with E-state index in [4.69, 9.17) is 0 Å². The second kappa shape index (κ2) is 8.14. The van der Waals surface area contributed by atoms with Crippen molar-refractivity contribution >= 4 is 27.7 Å². The molecule has 2 N–H and O–H groups in total. The molecule has 1 amide bonds. The molecular weight excluding hydrogens is 354 g/mol. The van der Waals surface area contributed by atoms with Gasteiger partial charge in [-0.2, -0.15) is 5.10 Å². The molecule has 7 nitrogen and oxygen atoms in total. The second-order valence-electron chi connectivity index (χ2n) is 7.79. The van der Waals surface area contributed by atoms with Crippen molar-refractivity contribution in [1.82, 2.24) is 25.0 Å².